The average Bonchev–Trinajstić information content (AvgIpc) is 2.98. The van der Waals surface area contributed by atoms with E-state index in [1.165, 1.54) is 12.8 Å². The second kappa shape index (κ2) is 4.23. The van der Waals surface area contributed by atoms with E-state index in [2.05, 4.69) is 4.98 Å². The Labute approximate surface area is 77.7 Å². The standard InChI is InChI=1S/C10H13NO2/c1-2-10(6-11-5-1)13-8-12-7-9-3-4-9/h1-2,5-6,9H,3-4,7-8H2. The molecule has 1 aliphatic rings. The lowest BCUT2D eigenvalue weighted by atomic mass is 10.5. The summed E-state index contributed by atoms with van der Waals surface area (Å²) in [5.74, 6) is 1.55. The molecule has 0 atom stereocenters. The highest BCUT2D eigenvalue weighted by Gasteiger charge is 2.20. The smallest absolute Gasteiger partial charge is 0.189 e. The Morgan fingerprint density at radius 2 is 2.38 bits per heavy atom. The van der Waals surface area contributed by atoms with Crippen molar-refractivity contribution in [1.29, 1.82) is 0 Å². The first-order chi connectivity index (χ1) is 6.45. The van der Waals surface area contributed by atoms with Crippen LogP contribution in [0.4, 0.5) is 0 Å². The molecule has 0 aromatic carbocycles. The molecular weight excluding hydrogens is 166 g/mol. The van der Waals surface area contributed by atoms with Crippen LogP contribution in [0.5, 0.6) is 5.75 Å². The van der Waals surface area contributed by atoms with E-state index in [1.54, 1.807) is 12.4 Å². The summed E-state index contributed by atoms with van der Waals surface area (Å²) in [6, 6.07) is 3.71. The Balaban J connectivity index is 1.61. The van der Waals surface area contributed by atoms with Gasteiger partial charge in [-0.25, -0.2) is 0 Å². The topological polar surface area (TPSA) is 31.4 Å². The van der Waals surface area contributed by atoms with Gasteiger partial charge in [0.05, 0.1) is 12.8 Å². The fourth-order valence-electron chi connectivity index (χ4n) is 1.04. The molecule has 0 bridgehead atoms. The summed E-state index contributed by atoms with van der Waals surface area (Å²) >= 11 is 0. The summed E-state index contributed by atoms with van der Waals surface area (Å²) in [6.45, 7) is 1.17. The molecule has 0 saturated heterocycles. The van der Waals surface area contributed by atoms with Gasteiger partial charge in [-0.15, -0.1) is 0 Å². The molecule has 13 heavy (non-hydrogen) atoms. The van der Waals surface area contributed by atoms with Gasteiger partial charge in [0.1, 0.15) is 5.75 Å². The molecule has 1 heterocycles. The summed E-state index contributed by atoms with van der Waals surface area (Å²) in [5, 5.41) is 0. The van der Waals surface area contributed by atoms with Crippen molar-refractivity contribution in [3.63, 3.8) is 0 Å². The minimum Gasteiger partial charge on any atom is -0.466 e. The van der Waals surface area contributed by atoms with E-state index < -0.39 is 0 Å². The minimum absolute atomic E-state index is 0.336. The van der Waals surface area contributed by atoms with Crippen LogP contribution >= 0.6 is 0 Å². The third kappa shape index (κ3) is 3.03. The van der Waals surface area contributed by atoms with Gasteiger partial charge in [-0.05, 0) is 30.9 Å². The van der Waals surface area contributed by atoms with E-state index in [0.717, 1.165) is 18.3 Å². The molecule has 70 valence electrons. The maximum absolute atomic E-state index is 5.31. The SMILES string of the molecule is c1cncc(OCOCC2CC2)c1. The Hall–Kier alpha value is -1.09. The average molecular weight is 179 g/mol. The minimum atomic E-state index is 0.336. The first-order valence-electron chi connectivity index (χ1n) is 4.56. The van der Waals surface area contributed by atoms with Gasteiger partial charge < -0.3 is 9.47 Å². The normalized spacial score (nSPS) is 15.7. The number of ether oxygens (including phenoxy) is 2. The van der Waals surface area contributed by atoms with Gasteiger partial charge in [0.25, 0.3) is 0 Å². The number of pyridine rings is 1. The molecule has 1 fully saturated rings. The third-order valence-corrected chi connectivity index (χ3v) is 1.99. The Morgan fingerprint density at radius 3 is 3.08 bits per heavy atom. The highest BCUT2D eigenvalue weighted by molar-refractivity contribution is 5.14. The molecule has 3 heteroatoms. The fourth-order valence-corrected chi connectivity index (χ4v) is 1.04. The van der Waals surface area contributed by atoms with Gasteiger partial charge in [-0.3, -0.25) is 4.98 Å². The third-order valence-electron chi connectivity index (χ3n) is 1.99. The molecule has 0 unspecified atom stereocenters. The largest absolute Gasteiger partial charge is 0.466 e. The molecule has 3 nitrogen and oxygen atoms in total. The summed E-state index contributed by atoms with van der Waals surface area (Å²) < 4.78 is 10.6. The number of rotatable bonds is 5. The fraction of sp³-hybridized carbons (Fsp3) is 0.500. The lowest BCUT2D eigenvalue weighted by Crippen LogP contribution is -2.05. The van der Waals surface area contributed by atoms with E-state index in [4.69, 9.17) is 9.47 Å². The van der Waals surface area contributed by atoms with Gasteiger partial charge >= 0.3 is 0 Å². The second-order valence-corrected chi connectivity index (χ2v) is 3.27. The van der Waals surface area contributed by atoms with E-state index >= 15 is 0 Å². The van der Waals surface area contributed by atoms with Gasteiger partial charge in [0.2, 0.25) is 0 Å². The van der Waals surface area contributed by atoms with Crippen LogP contribution in [-0.4, -0.2) is 18.4 Å². The van der Waals surface area contributed by atoms with Crippen LogP contribution in [0.3, 0.4) is 0 Å². The van der Waals surface area contributed by atoms with Crippen LogP contribution in [0.2, 0.25) is 0 Å². The molecule has 0 spiro atoms. The van der Waals surface area contributed by atoms with E-state index in [0.29, 0.717) is 6.79 Å². The zero-order valence-corrected chi connectivity index (χ0v) is 7.48. The zero-order valence-electron chi connectivity index (χ0n) is 7.48. The van der Waals surface area contributed by atoms with Crippen molar-refractivity contribution in [3.8, 4) is 5.75 Å². The molecule has 1 aliphatic carbocycles. The van der Waals surface area contributed by atoms with Crippen molar-refractivity contribution < 1.29 is 9.47 Å². The Bertz CT molecular complexity index is 246. The summed E-state index contributed by atoms with van der Waals surface area (Å²) in [4.78, 5) is 3.93. The molecule has 1 saturated carbocycles. The number of aromatic nitrogens is 1. The molecule has 1 aromatic heterocycles. The van der Waals surface area contributed by atoms with E-state index in [9.17, 15) is 0 Å². The lowest BCUT2D eigenvalue weighted by molar-refractivity contribution is 0.00979. The van der Waals surface area contributed by atoms with Gasteiger partial charge in [0.15, 0.2) is 6.79 Å². The van der Waals surface area contributed by atoms with E-state index in [-0.39, 0.29) is 0 Å². The number of nitrogens with zero attached hydrogens (tertiary/aromatic N) is 1. The van der Waals surface area contributed by atoms with Crippen LogP contribution in [0.1, 0.15) is 12.8 Å². The predicted octanol–water partition coefficient (Wildman–Crippen LogP) is 1.84. The van der Waals surface area contributed by atoms with Crippen LogP contribution in [0.15, 0.2) is 24.5 Å². The van der Waals surface area contributed by atoms with Gasteiger partial charge in [-0.1, -0.05) is 0 Å². The van der Waals surface area contributed by atoms with Crippen molar-refractivity contribution >= 4 is 0 Å². The highest BCUT2D eigenvalue weighted by atomic mass is 16.7. The van der Waals surface area contributed by atoms with Gasteiger partial charge in [-0.2, -0.15) is 0 Å². The van der Waals surface area contributed by atoms with Gasteiger partial charge in [0, 0.05) is 6.20 Å². The Kier molecular flexibility index (Phi) is 2.77. The molecule has 1 aromatic rings. The zero-order chi connectivity index (χ0) is 8.93. The number of hydrogen-bond donors (Lipinski definition) is 0. The second-order valence-electron chi connectivity index (χ2n) is 3.27. The first kappa shape index (κ1) is 8.51. The highest BCUT2D eigenvalue weighted by Crippen LogP contribution is 2.28. The molecule has 0 amide bonds. The van der Waals surface area contributed by atoms with Crippen LogP contribution < -0.4 is 4.74 Å². The summed E-state index contributed by atoms with van der Waals surface area (Å²) in [6.07, 6.45) is 6.03. The maximum atomic E-state index is 5.31. The predicted molar refractivity (Wildman–Crippen MR) is 48.4 cm³/mol. The summed E-state index contributed by atoms with van der Waals surface area (Å²) in [5.41, 5.74) is 0. The molecular formula is C10H13NO2. The Morgan fingerprint density at radius 1 is 1.46 bits per heavy atom. The molecule has 0 aliphatic heterocycles. The lowest BCUT2D eigenvalue weighted by Gasteiger charge is -2.05. The summed E-state index contributed by atoms with van der Waals surface area (Å²) in [7, 11) is 0. The van der Waals surface area contributed by atoms with Crippen molar-refractivity contribution in [1.82, 2.24) is 4.98 Å². The quantitative estimate of drug-likeness (QED) is 0.510. The monoisotopic (exact) mass is 179 g/mol. The van der Waals surface area contributed by atoms with Crippen LogP contribution in [0.25, 0.3) is 0 Å². The molecule has 0 radical (unpaired) electrons. The van der Waals surface area contributed by atoms with Crippen LogP contribution in [-0.2, 0) is 4.74 Å². The van der Waals surface area contributed by atoms with Crippen molar-refractivity contribution in [2.45, 2.75) is 12.8 Å². The molecule has 2 rings (SSSR count). The van der Waals surface area contributed by atoms with Crippen LogP contribution in [0, 0.1) is 5.92 Å². The van der Waals surface area contributed by atoms with Crippen molar-refractivity contribution in [2.75, 3.05) is 13.4 Å². The van der Waals surface area contributed by atoms with Crippen molar-refractivity contribution in [2.24, 2.45) is 5.92 Å². The molecule has 0 N–H and O–H groups in total. The first-order valence-corrected chi connectivity index (χ1v) is 4.56. The van der Waals surface area contributed by atoms with E-state index in [1.807, 2.05) is 12.1 Å². The number of hydrogen-bond acceptors (Lipinski definition) is 3. The maximum Gasteiger partial charge on any atom is 0.189 e. The van der Waals surface area contributed by atoms with Crippen molar-refractivity contribution in [3.05, 3.63) is 24.5 Å².